The van der Waals surface area contributed by atoms with Gasteiger partial charge in [-0.2, -0.15) is 5.26 Å². The normalized spacial score (nSPS) is 21.9. The molecule has 1 aromatic rings. The average Bonchev–Trinajstić information content (AvgIpc) is 2.32. The van der Waals surface area contributed by atoms with Crippen molar-refractivity contribution >= 4 is 57.2 Å². The minimum absolute atomic E-state index is 0.347. The lowest BCUT2D eigenvalue weighted by Crippen LogP contribution is -2.40. The second-order valence-corrected chi connectivity index (χ2v) is 7.88. The van der Waals surface area contributed by atoms with Crippen LogP contribution in [-0.2, 0) is 4.74 Å². The fourth-order valence-electron chi connectivity index (χ4n) is 1.84. The molecular weight excluding hydrogens is 458 g/mol. The Hall–Kier alpha value is -0.340. The number of nitriles is 1. The number of hydrogen-bond acceptors (Lipinski definition) is 5. The molecule has 1 aliphatic carbocycles. The molecule has 0 saturated heterocycles. The summed E-state index contributed by atoms with van der Waals surface area (Å²) in [4.78, 5) is 4.22. The molecule has 0 spiro atoms. The van der Waals surface area contributed by atoms with Crippen molar-refractivity contribution < 1.29 is 4.74 Å². The SMILES string of the molecule is COC1CC(Nc2cc(N(I)I)ncc2C#N)C1. The van der Waals surface area contributed by atoms with Crippen LogP contribution in [0.15, 0.2) is 12.3 Å². The summed E-state index contributed by atoms with van der Waals surface area (Å²) in [6, 6.07) is 4.44. The number of pyridine rings is 1. The molecule has 1 saturated carbocycles. The topological polar surface area (TPSA) is 61.2 Å². The van der Waals surface area contributed by atoms with Gasteiger partial charge in [-0.1, -0.05) is 0 Å². The minimum Gasteiger partial charge on any atom is -0.381 e. The molecule has 5 nitrogen and oxygen atoms in total. The molecule has 0 atom stereocenters. The van der Waals surface area contributed by atoms with Crippen molar-refractivity contribution in [1.29, 1.82) is 5.26 Å². The van der Waals surface area contributed by atoms with Crippen LogP contribution in [0.25, 0.3) is 0 Å². The van der Waals surface area contributed by atoms with Crippen molar-refractivity contribution in [3.63, 3.8) is 0 Å². The first kappa shape index (κ1) is 14.1. The van der Waals surface area contributed by atoms with Crippen LogP contribution in [0, 0.1) is 11.3 Å². The number of aromatic nitrogens is 1. The van der Waals surface area contributed by atoms with Gasteiger partial charge in [0.05, 0.1) is 63.1 Å². The van der Waals surface area contributed by atoms with Gasteiger partial charge in [-0.15, -0.1) is 0 Å². The van der Waals surface area contributed by atoms with Gasteiger partial charge in [0.15, 0.2) is 0 Å². The molecule has 1 aliphatic rings. The predicted molar refractivity (Wildman–Crippen MR) is 86.9 cm³/mol. The smallest absolute Gasteiger partial charge is 0.148 e. The van der Waals surface area contributed by atoms with Crippen LogP contribution in [0.3, 0.4) is 0 Å². The number of nitrogens with zero attached hydrogens (tertiary/aromatic N) is 3. The highest BCUT2D eigenvalue weighted by Gasteiger charge is 2.29. The maximum atomic E-state index is 9.08. The van der Waals surface area contributed by atoms with E-state index < -0.39 is 0 Å². The molecule has 0 unspecified atom stereocenters. The molecule has 1 fully saturated rings. The molecule has 18 heavy (non-hydrogen) atoms. The third-order valence-electron chi connectivity index (χ3n) is 2.97. The number of anilines is 2. The van der Waals surface area contributed by atoms with E-state index in [1.807, 2.05) is 7.39 Å². The van der Waals surface area contributed by atoms with Gasteiger partial charge in [-0.3, -0.25) is 0 Å². The lowest BCUT2D eigenvalue weighted by Gasteiger charge is -2.35. The van der Waals surface area contributed by atoms with Gasteiger partial charge in [-0.25, -0.2) is 6.31 Å². The van der Waals surface area contributed by atoms with Gasteiger partial charge in [0, 0.05) is 25.4 Å². The zero-order valence-corrected chi connectivity index (χ0v) is 14.0. The van der Waals surface area contributed by atoms with E-state index in [2.05, 4.69) is 62.1 Å². The van der Waals surface area contributed by atoms with Crippen LogP contribution in [0.5, 0.6) is 0 Å². The first-order chi connectivity index (χ1) is 8.63. The van der Waals surface area contributed by atoms with Crippen molar-refractivity contribution in [3.05, 3.63) is 17.8 Å². The molecule has 2 rings (SSSR count). The zero-order chi connectivity index (χ0) is 13.1. The van der Waals surface area contributed by atoms with E-state index >= 15 is 0 Å². The number of ether oxygens (including phenoxy) is 1. The molecule has 0 radical (unpaired) electrons. The first-order valence-electron chi connectivity index (χ1n) is 5.45. The summed E-state index contributed by atoms with van der Waals surface area (Å²) in [5, 5.41) is 12.5. The average molecular weight is 470 g/mol. The molecule has 0 bridgehead atoms. The van der Waals surface area contributed by atoms with Gasteiger partial charge in [-0.05, 0) is 12.8 Å². The van der Waals surface area contributed by atoms with E-state index in [0.29, 0.717) is 17.7 Å². The number of halogens is 2. The fourth-order valence-corrected chi connectivity index (χ4v) is 2.37. The molecule has 7 heteroatoms. The van der Waals surface area contributed by atoms with E-state index in [9.17, 15) is 0 Å². The van der Waals surface area contributed by atoms with Gasteiger partial charge in [0.1, 0.15) is 11.9 Å². The molecule has 1 N–H and O–H groups in total. The van der Waals surface area contributed by atoms with Gasteiger partial charge in [0.25, 0.3) is 0 Å². The lowest BCUT2D eigenvalue weighted by molar-refractivity contribution is 0.0328. The van der Waals surface area contributed by atoms with Crippen LogP contribution in [-0.4, -0.2) is 24.2 Å². The summed E-state index contributed by atoms with van der Waals surface area (Å²) in [5.41, 5.74) is 1.43. The first-order valence-corrected chi connectivity index (χ1v) is 7.38. The Labute approximate surface area is 134 Å². The summed E-state index contributed by atoms with van der Waals surface area (Å²) in [6.45, 7) is 0. The van der Waals surface area contributed by atoms with Crippen LogP contribution < -0.4 is 6.64 Å². The van der Waals surface area contributed by atoms with E-state index in [0.717, 1.165) is 24.3 Å². The largest absolute Gasteiger partial charge is 0.381 e. The number of nitrogens with one attached hydrogen (secondary N) is 1. The maximum Gasteiger partial charge on any atom is 0.148 e. The fraction of sp³-hybridized carbons (Fsp3) is 0.455. The van der Waals surface area contributed by atoms with E-state index in [1.165, 1.54) is 0 Å². The molecule has 1 aromatic heterocycles. The van der Waals surface area contributed by atoms with Gasteiger partial charge in [0.2, 0.25) is 0 Å². The Morgan fingerprint density at radius 1 is 1.56 bits per heavy atom. The summed E-state index contributed by atoms with van der Waals surface area (Å²) < 4.78 is 7.11. The second-order valence-electron chi connectivity index (χ2n) is 4.10. The van der Waals surface area contributed by atoms with Crippen molar-refractivity contribution in [1.82, 2.24) is 4.98 Å². The summed E-state index contributed by atoms with van der Waals surface area (Å²) >= 11 is 4.28. The number of hydrogen-bond donors (Lipinski definition) is 1. The Morgan fingerprint density at radius 2 is 2.28 bits per heavy atom. The van der Waals surface area contributed by atoms with Crippen LogP contribution in [0.2, 0.25) is 0 Å². The molecule has 0 aromatic carbocycles. The van der Waals surface area contributed by atoms with Crippen molar-refractivity contribution in [2.45, 2.75) is 25.0 Å². The Kier molecular flexibility index (Phi) is 4.85. The van der Waals surface area contributed by atoms with Gasteiger partial charge < -0.3 is 10.1 Å². The van der Waals surface area contributed by atoms with Crippen molar-refractivity contribution in [3.8, 4) is 6.07 Å². The monoisotopic (exact) mass is 470 g/mol. The minimum atomic E-state index is 0.347. The quantitative estimate of drug-likeness (QED) is 0.542. The van der Waals surface area contributed by atoms with Crippen LogP contribution in [0.1, 0.15) is 18.4 Å². The Bertz CT molecular complexity index is 469. The molecule has 1 heterocycles. The highest BCUT2D eigenvalue weighted by atomic mass is 127. The Balaban J connectivity index is 2.11. The zero-order valence-electron chi connectivity index (χ0n) is 9.73. The second kappa shape index (κ2) is 6.21. The van der Waals surface area contributed by atoms with Gasteiger partial charge >= 0.3 is 0 Å². The predicted octanol–water partition coefficient (Wildman–Crippen LogP) is 3.05. The molecule has 0 amide bonds. The highest BCUT2D eigenvalue weighted by molar-refractivity contribution is 14.2. The maximum absolute atomic E-state index is 9.08. The molecule has 0 aliphatic heterocycles. The molecular formula is C11H12I2N4O. The van der Waals surface area contributed by atoms with E-state index in [-0.39, 0.29) is 0 Å². The Morgan fingerprint density at radius 3 is 2.83 bits per heavy atom. The van der Waals surface area contributed by atoms with Crippen LogP contribution in [0.4, 0.5) is 11.5 Å². The molecule has 96 valence electrons. The number of rotatable bonds is 4. The van der Waals surface area contributed by atoms with Crippen molar-refractivity contribution in [2.75, 3.05) is 13.8 Å². The van der Waals surface area contributed by atoms with Crippen LogP contribution >= 0.6 is 45.7 Å². The lowest BCUT2D eigenvalue weighted by atomic mass is 9.89. The third-order valence-corrected chi connectivity index (χ3v) is 3.96. The highest BCUT2D eigenvalue weighted by Crippen LogP contribution is 2.30. The van der Waals surface area contributed by atoms with Crippen molar-refractivity contribution in [2.24, 2.45) is 0 Å². The third kappa shape index (κ3) is 3.16. The van der Waals surface area contributed by atoms with E-state index in [4.69, 9.17) is 10.00 Å². The van der Waals surface area contributed by atoms with E-state index in [1.54, 1.807) is 13.3 Å². The number of methoxy groups -OCH3 is 1. The summed E-state index contributed by atoms with van der Waals surface area (Å²) in [7, 11) is 1.73. The summed E-state index contributed by atoms with van der Waals surface area (Å²) in [5.74, 6) is 0.820. The summed E-state index contributed by atoms with van der Waals surface area (Å²) in [6.07, 6.45) is 3.92. The standard InChI is InChI=1S/C11H12I2N4O/c1-18-9-2-8(3-9)16-10-4-11(17(12)13)15-6-7(10)5-14/h4,6,8-9H,2-3H2,1H3,(H,15,16).